The van der Waals surface area contributed by atoms with Gasteiger partial charge in [0.1, 0.15) is 4.75 Å². The fourth-order valence-corrected chi connectivity index (χ4v) is 3.49. The van der Waals surface area contributed by atoms with Crippen LogP contribution >= 0.6 is 0 Å². The van der Waals surface area contributed by atoms with E-state index < -0.39 is 17.5 Å². The third kappa shape index (κ3) is 3.77. The number of nitrogens with one attached hydrogen (secondary N) is 2. The lowest BCUT2D eigenvalue weighted by atomic mass is 9.56. The first kappa shape index (κ1) is 16.6. The molecule has 1 amide bonds. The van der Waals surface area contributed by atoms with E-state index in [0.717, 1.165) is 6.42 Å². The SMILES string of the molecule is CC(N[S@@+]([O-])C(C)(C)C)[C@H]1C[C@@H](NC(=O)O)C1(C)C. The quantitative estimate of drug-likeness (QED) is 0.692. The van der Waals surface area contributed by atoms with Crippen LogP contribution in [0, 0.1) is 11.3 Å². The fraction of sp³-hybridized carbons (Fsp3) is 0.923. The summed E-state index contributed by atoms with van der Waals surface area (Å²) in [5, 5.41) is 11.3. The van der Waals surface area contributed by atoms with Crippen LogP contribution in [-0.2, 0) is 11.4 Å². The number of carbonyl (C=O) groups is 1. The highest BCUT2D eigenvalue weighted by atomic mass is 32.2. The zero-order chi connectivity index (χ0) is 15.0. The summed E-state index contributed by atoms with van der Waals surface area (Å²) in [6, 6.07) is 0.0734. The van der Waals surface area contributed by atoms with Crippen molar-refractivity contribution in [1.29, 1.82) is 0 Å². The van der Waals surface area contributed by atoms with E-state index in [-0.39, 0.29) is 22.2 Å². The van der Waals surface area contributed by atoms with Gasteiger partial charge in [-0.15, -0.1) is 4.72 Å². The second-order valence-corrected chi connectivity index (χ2v) is 8.95. The van der Waals surface area contributed by atoms with Gasteiger partial charge < -0.3 is 15.0 Å². The summed E-state index contributed by atoms with van der Waals surface area (Å²) in [7, 11) is 0. The monoisotopic (exact) mass is 290 g/mol. The van der Waals surface area contributed by atoms with Gasteiger partial charge in [0.15, 0.2) is 0 Å². The molecule has 0 aromatic carbocycles. The van der Waals surface area contributed by atoms with Crippen molar-refractivity contribution in [2.45, 2.75) is 64.8 Å². The molecule has 0 aromatic rings. The summed E-state index contributed by atoms with van der Waals surface area (Å²) >= 11 is -1.10. The summed E-state index contributed by atoms with van der Waals surface area (Å²) in [5.74, 6) is 0.315. The second kappa shape index (κ2) is 5.50. The Balaban J connectivity index is 2.57. The molecule has 1 fully saturated rings. The Morgan fingerprint density at radius 2 is 2.00 bits per heavy atom. The lowest BCUT2D eigenvalue weighted by molar-refractivity contribution is -0.000692. The molecule has 3 N–H and O–H groups in total. The average Bonchev–Trinajstić information content (AvgIpc) is 2.21. The van der Waals surface area contributed by atoms with Crippen molar-refractivity contribution in [1.82, 2.24) is 10.0 Å². The lowest BCUT2D eigenvalue weighted by Gasteiger charge is -2.54. The van der Waals surface area contributed by atoms with Crippen LogP contribution in [0.2, 0.25) is 0 Å². The van der Waals surface area contributed by atoms with Crippen molar-refractivity contribution in [3.05, 3.63) is 0 Å². The van der Waals surface area contributed by atoms with E-state index in [4.69, 9.17) is 5.11 Å². The molecule has 1 rings (SSSR count). The topological polar surface area (TPSA) is 84.4 Å². The first-order chi connectivity index (χ1) is 8.46. The normalized spacial score (nSPS) is 29.2. The molecular formula is C13H26N2O3S. The number of amides is 1. The maximum Gasteiger partial charge on any atom is 0.404 e. The molecule has 1 aliphatic rings. The van der Waals surface area contributed by atoms with Gasteiger partial charge in [-0.05, 0) is 45.4 Å². The molecule has 1 saturated carbocycles. The highest BCUT2D eigenvalue weighted by Gasteiger charge is 2.52. The van der Waals surface area contributed by atoms with Crippen LogP contribution < -0.4 is 10.0 Å². The maximum absolute atomic E-state index is 12.1. The van der Waals surface area contributed by atoms with Crippen LogP contribution in [0.5, 0.6) is 0 Å². The van der Waals surface area contributed by atoms with Gasteiger partial charge in [0, 0.05) is 17.4 Å². The predicted octanol–water partition coefficient (Wildman–Crippen LogP) is 2.11. The van der Waals surface area contributed by atoms with Crippen LogP contribution in [0.1, 0.15) is 48.0 Å². The standard InChI is InChI=1S/C13H26N2O3S/c1-8(15-19(18)12(2,3)4)9-7-10(13(9,5)6)14-11(16)17/h8-10,14-15H,7H2,1-6H3,(H,16,17)/t8?,9-,10-,19+/m1/s1. The second-order valence-electron chi connectivity index (χ2n) is 6.95. The zero-order valence-electron chi connectivity index (χ0n) is 12.6. The summed E-state index contributed by atoms with van der Waals surface area (Å²) in [6.07, 6.45) is -0.190. The number of hydrogen-bond donors (Lipinski definition) is 3. The van der Waals surface area contributed by atoms with Crippen LogP contribution in [0.4, 0.5) is 4.79 Å². The zero-order valence-corrected chi connectivity index (χ0v) is 13.4. The Labute approximate surface area is 118 Å². The van der Waals surface area contributed by atoms with E-state index in [9.17, 15) is 9.35 Å². The molecule has 0 aliphatic heterocycles. The molecule has 0 saturated heterocycles. The summed E-state index contributed by atoms with van der Waals surface area (Å²) in [6.45, 7) is 11.9. The molecule has 0 spiro atoms. The van der Waals surface area contributed by atoms with Crippen molar-refractivity contribution in [3.63, 3.8) is 0 Å². The van der Waals surface area contributed by atoms with Crippen LogP contribution in [0.3, 0.4) is 0 Å². The van der Waals surface area contributed by atoms with E-state index in [2.05, 4.69) is 23.9 Å². The molecule has 1 unspecified atom stereocenters. The van der Waals surface area contributed by atoms with E-state index in [0.29, 0.717) is 5.92 Å². The Hall–Kier alpha value is -0.460. The average molecular weight is 290 g/mol. The summed E-state index contributed by atoms with van der Waals surface area (Å²) in [5.41, 5.74) is -0.118. The third-order valence-corrected chi connectivity index (χ3v) is 5.79. The molecule has 0 heterocycles. The minimum absolute atomic E-state index is 0.0256. The van der Waals surface area contributed by atoms with Crippen LogP contribution in [-0.4, -0.2) is 32.6 Å². The van der Waals surface area contributed by atoms with Crippen LogP contribution in [0.15, 0.2) is 0 Å². The molecule has 112 valence electrons. The van der Waals surface area contributed by atoms with E-state index in [1.54, 1.807) is 0 Å². The predicted molar refractivity (Wildman–Crippen MR) is 77.3 cm³/mol. The highest BCUT2D eigenvalue weighted by molar-refractivity contribution is 7.90. The van der Waals surface area contributed by atoms with Crippen molar-refractivity contribution in [2.75, 3.05) is 0 Å². The molecule has 0 radical (unpaired) electrons. The summed E-state index contributed by atoms with van der Waals surface area (Å²) < 4.78 is 14.9. The number of carboxylic acid groups (broad SMARTS) is 1. The van der Waals surface area contributed by atoms with Gasteiger partial charge in [0.25, 0.3) is 0 Å². The van der Waals surface area contributed by atoms with E-state index >= 15 is 0 Å². The fourth-order valence-electron chi connectivity index (χ4n) is 2.63. The lowest BCUT2D eigenvalue weighted by Crippen LogP contribution is -2.63. The summed E-state index contributed by atoms with van der Waals surface area (Å²) in [4.78, 5) is 10.7. The number of hydrogen-bond acceptors (Lipinski definition) is 3. The highest BCUT2D eigenvalue weighted by Crippen LogP contribution is 2.48. The van der Waals surface area contributed by atoms with Gasteiger partial charge in [-0.1, -0.05) is 13.8 Å². The first-order valence-electron chi connectivity index (χ1n) is 6.63. The van der Waals surface area contributed by atoms with Crippen molar-refractivity contribution in [2.24, 2.45) is 11.3 Å². The molecule has 6 heteroatoms. The molecule has 4 atom stereocenters. The Bertz CT molecular complexity index is 341. The van der Waals surface area contributed by atoms with Gasteiger partial charge in [-0.2, -0.15) is 0 Å². The Kier molecular flexibility index (Phi) is 4.80. The van der Waals surface area contributed by atoms with E-state index in [1.807, 2.05) is 27.7 Å². The number of rotatable bonds is 4. The van der Waals surface area contributed by atoms with Gasteiger partial charge in [0.2, 0.25) is 0 Å². The van der Waals surface area contributed by atoms with Crippen LogP contribution in [0.25, 0.3) is 0 Å². The Morgan fingerprint density at radius 1 is 1.47 bits per heavy atom. The van der Waals surface area contributed by atoms with E-state index in [1.165, 1.54) is 0 Å². The smallest absolute Gasteiger partial charge is 0.404 e. The van der Waals surface area contributed by atoms with Gasteiger partial charge >= 0.3 is 6.09 Å². The molecule has 5 nitrogen and oxygen atoms in total. The Morgan fingerprint density at radius 3 is 2.37 bits per heavy atom. The molecule has 0 bridgehead atoms. The minimum atomic E-state index is -1.10. The van der Waals surface area contributed by atoms with Crippen molar-refractivity contribution < 1.29 is 14.5 Å². The third-order valence-electron chi connectivity index (χ3n) is 4.09. The van der Waals surface area contributed by atoms with Gasteiger partial charge in [0.05, 0.1) is 6.04 Å². The van der Waals surface area contributed by atoms with Crippen molar-refractivity contribution >= 4 is 17.5 Å². The molecular weight excluding hydrogens is 264 g/mol. The largest absolute Gasteiger partial charge is 0.598 e. The van der Waals surface area contributed by atoms with Gasteiger partial charge in [-0.3, -0.25) is 0 Å². The first-order valence-corrected chi connectivity index (χ1v) is 7.78. The molecule has 1 aliphatic carbocycles. The molecule has 0 aromatic heterocycles. The van der Waals surface area contributed by atoms with Crippen molar-refractivity contribution in [3.8, 4) is 0 Å². The maximum atomic E-state index is 12.1. The van der Waals surface area contributed by atoms with Gasteiger partial charge in [-0.25, -0.2) is 4.79 Å². The minimum Gasteiger partial charge on any atom is -0.598 e. The molecule has 19 heavy (non-hydrogen) atoms.